The number of fused-ring (bicyclic) bond motifs is 1. The van der Waals surface area contributed by atoms with Crippen LogP contribution in [0.1, 0.15) is 33.9 Å². The topological polar surface area (TPSA) is 151 Å². The first-order valence-corrected chi connectivity index (χ1v) is 6.35. The number of aryl methyl sites for hydroxylation is 1. The van der Waals surface area contributed by atoms with E-state index in [1.165, 1.54) is 6.07 Å². The van der Waals surface area contributed by atoms with Gasteiger partial charge in [0.15, 0.2) is 12.0 Å². The van der Waals surface area contributed by atoms with Gasteiger partial charge in [0.05, 0.1) is 11.3 Å². The molecule has 1 aliphatic rings. The minimum Gasteiger partial charge on any atom is -0.479 e. The lowest BCUT2D eigenvalue weighted by Gasteiger charge is -2.22. The van der Waals surface area contributed by atoms with Crippen LogP contribution in [0.2, 0.25) is 0 Å². The normalized spacial score (nSPS) is 14.5. The third kappa shape index (κ3) is 3.04. The molecule has 8 heteroatoms. The molecule has 0 saturated heterocycles. The van der Waals surface area contributed by atoms with Crippen molar-refractivity contribution in [1.82, 2.24) is 0 Å². The van der Waals surface area contributed by atoms with Crippen molar-refractivity contribution in [3.63, 3.8) is 0 Å². The molecule has 1 aliphatic heterocycles. The molecule has 0 spiro atoms. The Bertz CT molecular complexity index is 623. The van der Waals surface area contributed by atoms with E-state index in [9.17, 15) is 19.8 Å². The Morgan fingerprint density at radius 1 is 1.29 bits per heavy atom. The molecule has 0 saturated carbocycles. The van der Waals surface area contributed by atoms with Gasteiger partial charge in [-0.15, -0.1) is 0 Å². The van der Waals surface area contributed by atoms with E-state index in [1.54, 1.807) is 6.07 Å². The molecule has 1 aromatic carbocycles. The average molecular weight is 292 g/mol. The molecular weight excluding hydrogens is 276 g/mol. The van der Waals surface area contributed by atoms with Crippen LogP contribution >= 0.6 is 0 Å². The van der Waals surface area contributed by atoms with E-state index in [1.807, 2.05) is 0 Å². The number of aromatic carboxylic acids is 1. The molecule has 112 valence electrons. The van der Waals surface area contributed by atoms with E-state index in [4.69, 9.17) is 11.5 Å². The molecule has 2 rings (SSSR count). The quantitative estimate of drug-likeness (QED) is 0.391. The smallest absolute Gasteiger partial charge is 0.337 e. The van der Waals surface area contributed by atoms with Crippen LogP contribution in [0, 0.1) is 0 Å². The zero-order valence-corrected chi connectivity index (χ0v) is 11.2. The van der Waals surface area contributed by atoms with E-state index in [0.29, 0.717) is 18.7 Å². The Balaban J connectivity index is 2.58. The molecule has 0 bridgehead atoms. The number of hydrogen-bond donors (Lipinski definition) is 5. The van der Waals surface area contributed by atoms with Crippen LogP contribution in [0.5, 0.6) is 0 Å². The fourth-order valence-corrected chi connectivity index (χ4v) is 2.37. The van der Waals surface area contributed by atoms with E-state index >= 15 is 0 Å². The zero-order chi connectivity index (χ0) is 15.6. The molecule has 0 aromatic heterocycles. The maximum Gasteiger partial charge on any atom is 0.337 e. The van der Waals surface area contributed by atoms with E-state index in [2.05, 4.69) is 10.3 Å². The van der Waals surface area contributed by atoms with Crippen molar-refractivity contribution in [3.05, 3.63) is 28.8 Å². The maximum atomic E-state index is 11.4. The van der Waals surface area contributed by atoms with Gasteiger partial charge < -0.3 is 27.0 Å². The lowest BCUT2D eigenvalue weighted by atomic mass is 9.93. The van der Waals surface area contributed by atoms with Crippen molar-refractivity contribution in [2.45, 2.75) is 18.9 Å². The van der Waals surface area contributed by atoms with E-state index in [0.717, 1.165) is 12.0 Å². The number of nitrogens with zero attached hydrogens (tertiary/aromatic N) is 1. The molecule has 8 nitrogen and oxygen atoms in total. The van der Waals surface area contributed by atoms with Crippen LogP contribution in [0.4, 0.5) is 5.69 Å². The first-order chi connectivity index (χ1) is 9.90. The lowest BCUT2D eigenvalue weighted by Crippen LogP contribution is -2.26. The summed E-state index contributed by atoms with van der Waals surface area (Å²) in [6.45, 7) is 0.683. The van der Waals surface area contributed by atoms with Crippen molar-refractivity contribution < 1.29 is 19.8 Å². The standard InChI is InChI=1S/C13H16N4O4/c14-13(15)17-10(12(20)21)7-4-6-2-1-3-16-9(6)8(5-7)11(18)19/h4-5,10,16H,1-3H2,(H,18,19)(H,20,21)(H4,14,15,17). The Labute approximate surface area is 120 Å². The van der Waals surface area contributed by atoms with Gasteiger partial charge in [-0.1, -0.05) is 6.07 Å². The number of rotatable bonds is 4. The van der Waals surface area contributed by atoms with Crippen LogP contribution in [-0.2, 0) is 11.2 Å². The number of carboxylic acid groups (broad SMARTS) is 2. The number of carbonyl (C=O) groups is 2. The van der Waals surface area contributed by atoms with Gasteiger partial charge in [-0.25, -0.2) is 14.6 Å². The Kier molecular flexibility index (Phi) is 3.97. The second kappa shape index (κ2) is 5.70. The highest BCUT2D eigenvalue weighted by Crippen LogP contribution is 2.31. The number of aliphatic carboxylic acids is 1. The molecule has 7 N–H and O–H groups in total. The summed E-state index contributed by atoms with van der Waals surface area (Å²) in [7, 11) is 0. The van der Waals surface area contributed by atoms with Gasteiger partial charge in [0.2, 0.25) is 0 Å². The summed E-state index contributed by atoms with van der Waals surface area (Å²) in [4.78, 5) is 26.3. The third-order valence-corrected chi connectivity index (χ3v) is 3.23. The summed E-state index contributed by atoms with van der Waals surface area (Å²) >= 11 is 0. The summed E-state index contributed by atoms with van der Waals surface area (Å²) in [5.41, 5.74) is 12.0. The Hall–Kier alpha value is -2.77. The van der Waals surface area contributed by atoms with Crippen LogP contribution in [-0.4, -0.2) is 34.7 Å². The minimum absolute atomic E-state index is 0.0271. The Morgan fingerprint density at radius 2 is 2.00 bits per heavy atom. The van der Waals surface area contributed by atoms with Gasteiger partial charge in [0.25, 0.3) is 0 Å². The number of anilines is 1. The summed E-state index contributed by atoms with van der Waals surface area (Å²) in [6, 6.07) is 1.62. The fraction of sp³-hybridized carbons (Fsp3) is 0.308. The van der Waals surface area contributed by atoms with Crippen LogP contribution < -0.4 is 16.8 Å². The molecule has 1 unspecified atom stereocenters. The van der Waals surface area contributed by atoms with Crippen LogP contribution in [0.25, 0.3) is 0 Å². The predicted octanol–water partition coefficient (Wildman–Crippen LogP) is 0.142. The number of guanidine groups is 1. The maximum absolute atomic E-state index is 11.4. The number of benzene rings is 1. The number of aliphatic imine (C=N–C) groups is 1. The fourth-order valence-electron chi connectivity index (χ4n) is 2.37. The number of nitrogens with one attached hydrogen (secondary N) is 1. The Morgan fingerprint density at radius 3 is 2.57 bits per heavy atom. The van der Waals surface area contributed by atoms with Gasteiger partial charge in [-0.05, 0) is 30.0 Å². The summed E-state index contributed by atoms with van der Waals surface area (Å²) in [5.74, 6) is -2.74. The highest BCUT2D eigenvalue weighted by molar-refractivity contribution is 5.96. The van der Waals surface area contributed by atoms with Gasteiger partial charge in [-0.2, -0.15) is 0 Å². The summed E-state index contributed by atoms with van der Waals surface area (Å²) in [5, 5.41) is 21.6. The van der Waals surface area contributed by atoms with Crippen molar-refractivity contribution >= 4 is 23.6 Å². The number of carboxylic acids is 2. The van der Waals surface area contributed by atoms with Gasteiger partial charge in [-0.3, -0.25) is 0 Å². The second-order valence-corrected chi connectivity index (χ2v) is 4.73. The SMILES string of the molecule is NC(N)=NC(C(=O)O)c1cc2c(c(C(=O)O)c1)NCCC2. The van der Waals surface area contributed by atoms with Crippen molar-refractivity contribution in [1.29, 1.82) is 0 Å². The molecule has 0 radical (unpaired) electrons. The van der Waals surface area contributed by atoms with Gasteiger partial charge in [0.1, 0.15) is 0 Å². The van der Waals surface area contributed by atoms with E-state index in [-0.39, 0.29) is 17.1 Å². The van der Waals surface area contributed by atoms with Gasteiger partial charge in [0, 0.05) is 6.54 Å². The van der Waals surface area contributed by atoms with Gasteiger partial charge >= 0.3 is 11.9 Å². The van der Waals surface area contributed by atoms with Crippen molar-refractivity contribution in [3.8, 4) is 0 Å². The predicted molar refractivity (Wildman–Crippen MR) is 76.4 cm³/mol. The van der Waals surface area contributed by atoms with Crippen LogP contribution in [0.3, 0.4) is 0 Å². The lowest BCUT2D eigenvalue weighted by molar-refractivity contribution is -0.138. The monoisotopic (exact) mass is 292 g/mol. The minimum atomic E-state index is -1.32. The molecular formula is C13H16N4O4. The third-order valence-electron chi connectivity index (χ3n) is 3.23. The first-order valence-electron chi connectivity index (χ1n) is 6.35. The molecule has 1 heterocycles. The molecule has 0 amide bonds. The first kappa shape index (κ1) is 14.6. The molecule has 0 fully saturated rings. The van der Waals surface area contributed by atoms with Crippen LogP contribution in [0.15, 0.2) is 17.1 Å². The summed E-state index contributed by atoms with van der Waals surface area (Å²) in [6.07, 6.45) is 1.51. The van der Waals surface area contributed by atoms with Crippen molar-refractivity contribution in [2.24, 2.45) is 16.5 Å². The molecule has 0 aliphatic carbocycles. The molecule has 1 aromatic rings. The van der Waals surface area contributed by atoms with E-state index < -0.39 is 18.0 Å². The molecule has 1 atom stereocenters. The average Bonchev–Trinajstić information content (AvgIpc) is 2.42. The zero-order valence-electron chi connectivity index (χ0n) is 11.2. The number of nitrogens with two attached hydrogens (primary N) is 2. The van der Waals surface area contributed by atoms with Crippen molar-refractivity contribution in [2.75, 3.05) is 11.9 Å². The highest BCUT2D eigenvalue weighted by Gasteiger charge is 2.25. The second-order valence-electron chi connectivity index (χ2n) is 4.73. The summed E-state index contributed by atoms with van der Waals surface area (Å²) < 4.78 is 0. The largest absolute Gasteiger partial charge is 0.479 e. The molecule has 21 heavy (non-hydrogen) atoms. The number of hydrogen-bond acceptors (Lipinski definition) is 4. The highest BCUT2D eigenvalue weighted by atomic mass is 16.4.